The Labute approximate surface area is 135 Å². The molecule has 1 saturated carbocycles. The van der Waals surface area contributed by atoms with Crippen LogP contribution in [0.1, 0.15) is 19.3 Å². The highest BCUT2D eigenvalue weighted by Gasteiger charge is 2.42. The lowest BCUT2D eigenvalue weighted by molar-refractivity contribution is 0.271. The molecule has 1 unspecified atom stereocenters. The second-order valence-corrected chi connectivity index (χ2v) is 8.74. The summed E-state index contributed by atoms with van der Waals surface area (Å²) in [6, 6.07) is 4.73. The summed E-state index contributed by atoms with van der Waals surface area (Å²) >= 11 is 12.0. The average Bonchev–Trinajstić information content (AvgIpc) is 2.85. The second kappa shape index (κ2) is 5.70. The lowest BCUT2D eigenvalue weighted by Gasteiger charge is -2.28. The quantitative estimate of drug-likeness (QED) is 0.893. The van der Waals surface area contributed by atoms with Crippen molar-refractivity contribution in [1.29, 1.82) is 0 Å². The van der Waals surface area contributed by atoms with Crippen LogP contribution < -0.4 is 5.73 Å². The molecular formula is C14H18Cl2N2O2S. The van der Waals surface area contributed by atoms with E-state index in [-0.39, 0.29) is 16.0 Å². The van der Waals surface area contributed by atoms with Crippen molar-refractivity contribution in [3.8, 4) is 0 Å². The standard InChI is InChI=1S/C14H18Cl2N2O2S/c15-11-2-4-13(16)14(6-11)21(19,20)18-7-9-1-3-12(17)5-10(9)8-18/h2,4,6,9-10,12H,1,3,5,7-8,17H2/t9-,10+,12?/m1/s1. The maximum absolute atomic E-state index is 12.8. The molecule has 0 aromatic heterocycles. The van der Waals surface area contributed by atoms with Crippen molar-refractivity contribution < 1.29 is 8.42 Å². The molecule has 7 heteroatoms. The first kappa shape index (κ1) is 15.6. The first-order chi connectivity index (χ1) is 9.88. The van der Waals surface area contributed by atoms with Gasteiger partial charge < -0.3 is 5.73 Å². The van der Waals surface area contributed by atoms with E-state index in [1.807, 2.05) is 0 Å². The fourth-order valence-corrected chi connectivity index (χ4v) is 5.73. The van der Waals surface area contributed by atoms with Gasteiger partial charge in [-0.15, -0.1) is 0 Å². The molecule has 0 bridgehead atoms. The molecule has 1 aliphatic carbocycles. The number of halogens is 2. The van der Waals surface area contributed by atoms with Crippen LogP contribution in [0.15, 0.2) is 23.1 Å². The smallest absolute Gasteiger partial charge is 0.244 e. The topological polar surface area (TPSA) is 63.4 Å². The normalized spacial score (nSPS) is 30.3. The van der Waals surface area contributed by atoms with Gasteiger partial charge in [-0.05, 0) is 49.3 Å². The van der Waals surface area contributed by atoms with E-state index in [0.717, 1.165) is 19.3 Å². The third-order valence-corrected chi connectivity index (χ3v) is 7.12. The van der Waals surface area contributed by atoms with Gasteiger partial charge in [0.2, 0.25) is 10.0 Å². The maximum Gasteiger partial charge on any atom is 0.244 e. The number of hydrogen-bond acceptors (Lipinski definition) is 3. The molecule has 1 aliphatic heterocycles. The third kappa shape index (κ3) is 2.94. The average molecular weight is 349 g/mol. The lowest BCUT2D eigenvalue weighted by Crippen LogP contribution is -2.32. The van der Waals surface area contributed by atoms with Gasteiger partial charge in [-0.2, -0.15) is 4.31 Å². The number of fused-ring (bicyclic) bond motifs is 1. The second-order valence-electron chi connectivity index (χ2n) is 5.99. The number of sulfonamides is 1. The van der Waals surface area contributed by atoms with Gasteiger partial charge in [0.15, 0.2) is 0 Å². The number of hydrogen-bond donors (Lipinski definition) is 1. The van der Waals surface area contributed by atoms with Gasteiger partial charge in [-0.25, -0.2) is 8.42 Å². The van der Waals surface area contributed by atoms with Crippen LogP contribution in [0.5, 0.6) is 0 Å². The van der Waals surface area contributed by atoms with Crippen LogP contribution in [0, 0.1) is 11.8 Å². The zero-order valence-corrected chi connectivity index (χ0v) is 13.8. The zero-order chi connectivity index (χ0) is 15.2. The summed E-state index contributed by atoms with van der Waals surface area (Å²) in [6.45, 7) is 1.09. The van der Waals surface area contributed by atoms with Crippen molar-refractivity contribution in [3.63, 3.8) is 0 Å². The predicted octanol–water partition coefficient (Wildman–Crippen LogP) is 2.74. The monoisotopic (exact) mass is 348 g/mol. The van der Waals surface area contributed by atoms with Crippen molar-refractivity contribution in [3.05, 3.63) is 28.2 Å². The molecule has 116 valence electrons. The fraction of sp³-hybridized carbons (Fsp3) is 0.571. The van der Waals surface area contributed by atoms with Gasteiger partial charge in [0, 0.05) is 24.2 Å². The highest BCUT2D eigenvalue weighted by molar-refractivity contribution is 7.89. The summed E-state index contributed by atoms with van der Waals surface area (Å²) < 4.78 is 27.1. The molecule has 0 radical (unpaired) electrons. The molecule has 1 aromatic carbocycles. The molecule has 2 aliphatic rings. The fourth-order valence-electron chi connectivity index (χ4n) is 3.43. The van der Waals surface area contributed by atoms with E-state index in [0.29, 0.717) is 29.9 Å². The largest absolute Gasteiger partial charge is 0.328 e. The van der Waals surface area contributed by atoms with Crippen molar-refractivity contribution in [2.75, 3.05) is 13.1 Å². The number of benzene rings is 1. The van der Waals surface area contributed by atoms with Crippen LogP contribution in [-0.2, 0) is 10.0 Å². The van der Waals surface area contributed by atoms with Crippen molar-refractivity contribution >= 4 is 33.2 Å². The summed E-state index contributed by atoms with van der Waals surface area (Å²) in [4.78, 5) is 0.0969. The molecule has 1 heterocycles. The molecule has 2 N–H and O–H groups in total. The van der Waals surface area contributed by atoms with E-state index in [9.17, 15) is 8.42 Å². The molecular weight excluding hydrogens is 331 g/mol. The Morgan fingerprint density at radius 1 is 1.14 bits per heavy atom. The van der Waals surface area contributed by atoms with Gasteiger partial charge in [-0.3, -0.25) is 0 Å². The number of rotatable bonds is 2. The van der Waals surface area contributed by atoms with Crippen LogP contribution in [0.25, 0.3) is 0 Å². The predicted molar refractivity (Wildman–Crippen MR) is 84.0 cm³/mol. The molecule has 21 heavy (non-hydrogen) atoms. The van der Waals surface area contributed by atoms with Gasteiger partial charge in [0.1, 0.15) is 4.90 Å². The minimum absolute atomic E-state index is 0.0969. The molecule has 4 nitrogen and oxygen atoms in total. The highest BCUT2D eigenvalue weighted by atomic mass is 35.5. The molecule has 1 saturated heterocycles. The highest BCUT2D eigenvalue weighted by Crippen LogP contribution is 2.39. The Morgan fingerprint density at radius 3 is 2.62 bits per heavy atom. The molecule has 3 atom stereocenters. The summed E-state index contributed by atoms with van der Waals surface area (Å²) in [5.41, 5.74) is 5.99. The van der Waals surface area contributed by atoms with Crippen LogP contribution >= 0.6 is 23.2 Å². The summed E-state index contributed by atoms with van der Waals surface area (Å²) in [6.07, 6.45) is 2.88. The van der Waals surface area contributed by atoms with Crippen LogP contribution in [0.3, 0.4) is 0 Å². The number of nitrogens with zero attached hydrogens (tertiary/aromatic N) is 1. The Morgan fingerprint density at radius 2 is 1.86 bits per heavy atom. The SMILES string of the molecule is NC1CC[C@@H]2CN(S(=O)(=O)c3cc(Cl)ccc3Cl)C[C@@H]2C1. The Hall–Kier alpha value is -0.330. The van der Waals surface area contributed by atoms with E-state index in [4.69, 9.17) is 28.9 Å². The molecule has 1 aromatic rings. The van der Waals surface area contributed by atoms with Gasteiger partial charge >= 0.3 is 0 Å². The minimum Gasteiger partial charge on any atom is -0.328 e. The Balaban J connectivity index is 1.88. The zero-order valence-electron chi connectivity index (χ0n) is 11.5. The van der Waals surface area contributed by atoms with Crippen molar-refractivity contribution in [1.82, 2.24) is 4.31 Å². The van der Waals surface area contributed by atoms with E-state index in [1.165, 1.54) is 16.4 Å². The van der Waals surface area contributed by atoms with Crippen LogP contribution in [0.2, 0.25) is 10.0 Å². The maximum atomic E-state index is 12.8. The van der Waals surface area contributed by atoms with Crippen molar-refractivity contribution in [2.24, 2.45) is 17.6 Å². The molecule has 3 rings (SSSR count). The Bertz CT molecular complexity index is 650. The first-order valence-electron chi connectivity index (χ1n) is 7.08. The van der Waals surface area contributed by atoms with Crippen LogP contribution in [-0.4, -0.2) is 31.9 Å². The van der Waals surface area contributed by atoms with Gasteiger partial charge in [-0.1, -0.05) is 23.2 Å². The van der Waals surface area contributed by atoms with Crippen LogP contribution in [0.4, 0.5) is 0 Å². The third-order valence-electron chi connectivity index (χ3n) is 4.57. The summed E-state index contributed by atoms with van der Waals surface area (Å²) in [5.74, 6) is 0.777. The first-order valence-corrected chi connectivity index (χ1v) is 9.28. The van der Waals surface area contributed by atoms with Gasteiger partial charge in [0.25, 0.3) is 0 Å². The van der Waals surface area contributed by atoms with E-state index >= 15 is 0 Å². The van der Waals surface area contributed by atoms with E-state index < -0.39 is 10.0 Å². The molecule has 0 amide bonds. The summed E-state index contributed by atoms with van der Waals surface area (Å²) in [7, 11) is -3.59. The molecule has 2 fully saturated rings. The minimum atomic E-state index is -3.59. The lowest BCUT2D eigenvalue weighted by atomic mass is 9.79. The number of nitrogens with two attached hydrogens (primary N) is 1. The van der Waals surface area contributed by atoms with Gasteiger partial charge in [0.05, 0.1) is 5.02 Å². The van der Waals surface area contributed by atoms with E-state index in [2.05, 4.69) is 0 Å². The Kier molecular flexibility index (Phi) is 4.23. The summed E-state index contributed by atoms with van der Waals surface area (Å²) in [5, 5.41) is 0.586. The van der Waals surface area contributed by atoms with Crippen molar-refractivity contribution in [2.45, 2.75) is 30.2 Å². The molecule has 0 spiro atoms. The van der Waals surface area contributed by atoms with E-state index in [1.54, 1.807) is 6.07 Å².